The zero-order valence-corrected chi connectivity index (χ0v) is 12.5. The summed E-state index contributed by atoms with van der Waals surface area (Å²) in [6.45, 7) is 11.9. The molecule has 18 heavy (non-hydrogen) atoms. The Kier molecular flexibility index (Phi) is 6.27. The standard InChI is InChI=1S/C15H27N3/c1-6-8-11(3)15(16-9-7-2)14-10-12(4)17-18-13(14)5/h10-11,15-16H,6-9H2,1-5H3. The van der Waals surface area contributed by atoms with Crippen molar-refractivity contribution in [2.75, 3.05) is 6.54 Å². The summed E-state index contributed by atoms with van der Waals surface area (Å²) >= 11 is 0. The molecule has 0 aliphatic carbocycles. The third kappa shape index (κ3) is 4.05. The minimum absolute atomic E-state index is 0.402. The lowest BCUT2D eigenvalue weighted by Gasteiger charge is -2.26. The highest BCUT2D eigenvalue weighted by Gasteiger charge is 2.20. The highest BCUT2D eigenvalue weighted by molar-refractivity contribution is 5.24. The van der Waals surface area contributed by atoms with Gasteiger partial charge in [0.25, 0.3) is 0 Å². The van der Waals surface area contributed by atoms with Crippen LogP contribution in [0.4, 0.5) is 0 Å². The van der Waals surface area contributed by atoms with Gasteiger partial charge in [-0.2, -0.15) is 10.2 Å². The smallest absolute Gasteiger partial charge is 0.0648 e. The fraction of sp³-hybridized carbons (Fsp3) is 0.733. The molecule has 2 atom stereocenters. The van der Waals surface area contributed by atoms with Crippen molar-refractivity contribution in [3.05, 3.63) is 23.0 Å². The van der Waals surface area contributed by atoms with Crippen LogP contribution in [0.25, 0.3) is 0 Å². The maximum Gasteiger partial charge on any atom is 0.0648 e. The SMILES string of the molecule is CCCNC(c1cc(C)nnc1C)C(C)CCC. The van der Waals surface area contributed by atoms with Gasteiger partial charge in [0.05, 0.1) is 11.4 Å². The first kappa shape index (κ1) is 15.1. The molecule has 0 bridgehead atoms. The second kappa shape index (κ2) is 7.47. The minimum atomic E-state index is 0.402. The number of rotatable bonds is 7. The van der Waals surface area contributed by atoms with Gasteiger partial charge in [0.15, 0.2) is 0 Å². The third-order valence-corrected chi connectivity index (χ3v) is 3.40. The van der Waals surface area contributed by atoms with Crippen molar-refractivity contribution in [1.29, 1.82) is 0 Å². The summed E-state index contributed by atoms with van der Waals surface area (Å²) in [4.78, 5) is 0. The van der Waals surface area contributed by atoms with Crippen molar-refractivity contribution in [2.24, 2.45) is 5.92 Å². The third-order valence-electron chi connectivity index (χ3n) is 3.40. The van der Waals surface area contributed by atoms with Crippen molar-refractivity contribution in [3.63, 3.8) is 0 Å². The Morgan fingerprint density at radius 2 is 1.89 bits per heavy atom. The van der Waals surface area contributed by atoms with Crippen LogP contribution >= 0.6 is 0 Å². The predicted octanol–water partition coefficient (Wildman–Crippen LogP) is 3.57. The van der Waals surface area contributed by atoms with Crippen LogP contribution in [-0.2, 0) is 0 Å². The van der Waals surface area contributed by atoms with Crippen molar-refractivity contribution in [1.82, 2.24) is 15.5 Å². The number of nitrogens with one attached hydrogen (secondary N) is 1. The van der Waals surface area contributed by atoms with Gasteiger partial charge in [-0.1, -0.05) is 27.2 Å². The van der Waals surface area contributed by atoms with Crippen LogP contribution in [0.5, 0.6) is 0 Å². The lowest BCUT2D eigenvalue weighted by atomic mass is 9.90. The second-order valence-electron chi connectivity index (χ2n) is 5.22. The van der Waals surface area contributed by atoms with Crippen molar-refractivity contribution >= 4 is 0 Å². The zero-order valence-electron chi connectivity index (χ0n) is 12.5. The Morgan fingerprint density at radius 1 is 1.17 bits per heavy atom. The molecule has 0 aliphatic rings. The maximum absolute atomic E-state index is 4.26. The summed E-state index contributed by atoms with van der Waals surface area (Å²) < 4.78 is 0. The molecule has 0 saturated carbocycles. The fourth-order valence-electron chi connectivity index (χ4n) is 2.42. The number of hydrogen-bond donors (Lipinski definition) is 1. The van der Waals surface area contributed by atoms with E-state index in [4.69, 9.17) is 0 Å². The summed E-state index contributed by atoms with van der Waals surface area (Å²) in [7, 11) is 0. The van der Waals surface area contributed by atoms with E-state index in [1.807, 2.05) is 6.92 Å². The van der Waals surface area contributed by atoms with Crippen molar-refractivity contribution in [3.8, 4) is 0 Å². The number of nitrogens with zero attached hydrogens (tertiary/aromatic N) is 2. The van der Waals surface area contributed by atoms with Crippen molar-refractivity contribution < 1.29 is 0 Å². The fourth-order valence-corrected chi connectivity index (χ4v) is 2.42. The molecule has 1 rings (SSSR count). The van der Waals surface area contributed by atoms with Crippen LogP contribution in [0.1, 0.15) is 63.0 Å². The van der Waals surface area contributed by atoms with Crippen LogP contribution in [0, 0.1) is 19.8 Å². The topological polar surface area (TPSA) is 37.8 Å². The van der Waals surface area contributed by atoms with Crippen LogP contribution in [0.15, 0.2) is 6.07 Å². The first-order valence-electron chi connectivity index (χ1n) is 7.14. The van der Waals surface area contributed by atoms with Gasteiger partial charge in [-0.15, -0.1) is 0 Å². The monoisotopic (exact) mass is 249 g/mol. The molecule has 2 unspecified atom stereocenters. The molecule has 102 valence electrons. The molecule has 0 spiro atoms. The van der Waals surface area contributed by atoms with Crippen LogP contribution in [-0.4, -0.2) is 16.7 Å². The normalized spacial score (nSPS) is 14.5. The average Bonchev–Trinajstić information content (AvgIpc) is 2.34. The molecule has 1 aromatic heterocycles. The Hall–Kier alpha value is -0.960. The molecule has 0 radical (unpaired) electrons. The van der Waals surface area contributed by atoms with Gasteiger partial charge < -0.3 is 5.32 Å². The maximum atomic E-state index is 4.26. The Morgan fingerprint density at radius 3 is 2.50 bits per heavy atom. The quantitative estimate of drug-likeness (QED) is 0.802. The zero-order chi connectivity index (χ0) is 13.5. The summed E-state index contributed by atoms with van der Waals surface area (Å²) in [5.74, 6) is 0.629. The van der Waals surface area contributed by atoms with E-state index >= 15 is 0 Å². The average molecular weight is 249 g/mol. The van der Waals surface area contributed by atoms with Gasteiger partial charge in [-0.25, -0.2) is 0 Å². The molecule has 1 N–H and O–H groups in total. The van der Waals surface area contributed by atoms with Crippen molar-refractivity contribution in [2.45, 2.75) is 59.9 Å². The molecule has 3 heteroatoms. The molecular formula is C15H27N3. The van der Waals surface area contributed by atoms with E-state index in [2.05, 4.69) is 49.3 Å². The minimum Gasteiger partial charge on any atom is -0.310 e. The van der Waals surface area contributed by atoms with E-state index in [9.17, 15) is 0 Å². The number of aryl methyl sites for hydroxylation is 2. The summed E-state index contributed by atoms with van der Waals surface area (Å²) in [6, 6.07) is 2.58. The number of hydrogen-bond acceptors (Lipinski definition) is 3. The Bertz CT molecular complexity index is 363. The molecule has 1 heterocycles. The molecular weight excluding hydrogens is 222 g/mol. The van der Waals surface area contributed by atoms with Gasteiger partial charge in [-0.05, 0) is 50.8 Å². The first-order valence-corrected chi connectivity index (χ1v) is 7.14. The van der Waals surface area contributed by atoms with E-state index in [0.717, 1.165) is 24.4 Å². The van der Waals surface area contributed by atoms with E-state index < -0.39 is 0 Å². The molecule has 0 aromatic carbocycles. The van der Waals surface area contributed by atoms with E-state index in [1.54, 1.807) is 0 Å². The Balaban J connectivity index is 2.96. The lowest BCUT2D eigenvalue weighted by molar-refractivity contribution is 0.360. The largest absolute Gasteiger partial charge is 0.310 e. The molecule has 0 amide bonds. The van der Waals surface area contributed by atoms with E-state index in [1.165, 1.54) is 18.4 Å². The van der Waals surface area contributed by atoms with Crippen LogP contribution in [0.2, 0.25) is 0 Å². The van der Waals surface area contributed by atoms with Crippen LogP contribution < -0.4 is 5.32 Å². The van der Waals surface area contributed by atoms with Gasteiger partial charge in [0.2, 0.25) is 0 Å². The first-order chi connectivity index (χ1) is 8.60. The molecule has 1 aromatic rings. The van der Waals surface area contributed by atoms with E-state index in [-0.39, 0.29) is 0 Å². The second-order valence-corrected chi connectivity index (χ2v) is 5.22. The van der Waals surface area contributed by atoms with Gasteiger partial charge in [0.1, 0.15) is 0 Å². The molecule has 0 fully saturated rings. The molecule has 0 saturated heterocycles. The summed E-state index contributed by atoms with van der Waals surface area (Å²) in [6.07, 6.45) is 3.62. The van der Waals surface area contributed by atoms with Gasteiger partial charge in [0, 0.05) is 6.04 Å². The van der Waals surface area contributed by atoms with Gasteiger partial charge in [-0.3, -0.25) is 0 Å². The predicted molar refractivity (Wildman–Crippen MR) is 76.6 cm³/mol. The van der Waals surface area contributed by atoms with Gasteiger partial charge >= 0.3 is 0 Å². The number of aromatic nitrogens is 2. The lowest BCUT2D eigenvalue weighted by Crippen LogP contribution is -2.29. The highest BCUT2D eigenvalue weighted by atomic mass is 15.1. The van der Waals surface area contributed by atoms with E-state index in [0.29, 0.717) is 12.0 Å². The molecule has 0 aliphatic heterocycles. The van der Waals surface area contributed by atoms with Crippen LogP contribution in [0.3, 0.4) is 0 Å². The summed E-state index contributed by atoms with van der Waals surface area (Å²) in [5.41, 5.74) is 3.37. The Labute approximate surface area is 111 Å². The molecule has 3 nitrogen and oxygen atoms in total. The summed E-state index contributed by atoms with van der Waals surface area (Å²) in [5, 5.41) is 12.1. The highest BCUT2D eigenvalue weighted by Crippen LogP contribution is 2.27.